The Labute approximate surface area is 102 Å². The Morgan fingerprint density at radius 2 is 2.12 bits per heavy atom. The molecule has 0 bridgehead atoms. The highest BCUT2D eigenvalue weighted by molar-refractivity contribution is 7.90. The summed E-state index contributed by atoms with van der Waals surface area (Å²) in [5, 5.41) is 7.25. The highest BCUT2D eigenvalue weighted by Crippen LogP contribution is 2.15. The lowest BCUT2D eigenvalue weighted by Crippen LogP contribution is -2.30. The van der Waals surface area contributed by atoms with E-state index in [1.165, 1.54) is 12.6 Å². The Kier molecular flexibility index (Phi) is 4.64. The molecule has 17 heavy (non-hydrogen) atoms. The average Bonchev–Trinajstić information content (AvgIpc) is 2.62. The fourth-order valence-electron chi connectivity index (χ4n) is 1.68. The fourth-order valence-corrected chi connectivity index (χ4v) is 2.55. The molecule has 0 radical (unpaired) electrons. The van der Waals surface area contributed by atoms with E-state index in [0.29, 0.717) is 12.4 Å². The first-order chi connectivity index (χ1) is 7.85. The Morgan fingerprint density at radius 3 is 2.59 bits per heavy atom. The average molecular weight is 260 g/mol. The van der Waals surface area contributed by atoms with Crippen molar-refractivity contribution in [1.82, 2.24) is 20.1 Å². The normalized spacial score (nSPS) is 14.2. The van der Waals surface area contributed by atoms with Crippen molar-refractivity contribution in [2.45, 2.75) is 32.9 Å². The second-order valence-electron chi connectivity index (χ2n) is 4.36. The second-order valence-corrected chi connectivity index (χ2v) is 6.54. The van der Waals surface area contributed by atoms with Crippen molar-refractivity contribution in [2.24, 2.45) is 0 Å². The largest absolute Gasteiger partial charge is 0.307 e. The van der Waals surface area contributed by atoms with E-state index in [0.717, 1.165) is 0 Å². The van der Waals surface area contributed by atoms with Gasteiger partial charge in [-0.3, -0.25) is 0 Å². The van der Waals surface area contributed by atoms with Crippen LogP contribution >= 0.6 is 0 Å². The molecule has 1 rings (SSSR count). The lowest BCUT2D eigenvalue weighted by molar-refractivity contribution is 0.456. The summed E-state index contributed by atoms with van der Waals surface area (Å²) < 4.78 is 24.5. The molecule has 0 saturated heterocycles. The third-order valence-electron chi connectivity index (χ3n) is 2.32. The molecule has 6 nitrogen and oxygen atoms in total. The zero-order valence-electron chi connectivity index (χ0n) is 10.7. The van der Waals surface area contributed by atoms with Gasteiger partial charge in [-0.15, -0.1) is 0 Å². The lowest BCUT2D eigenvalue weighted by Gasteiger charge is -2.18. The number of rotatable bonds is 6. The van der Waals surface area contributed by atoms with Crippen molar-refractivity contribution in [1.29, 1.82) is 0 Å². The molecular weight excluding hydrogens is 240 g/mol. The minimum Gasteiger partial charge on any atom is -0.307 e. The third kappa shape index (κ3) is 4.08. The summed E-state index contributed by atoms with van der Waals surface area (Å²) in [4.78, 5) is 4.17. The van der Waals surface area contributed by atoms with E-state index in [1.807, 2.05) is 20.8 Å². The highest BCUT2D eigenvalue weighted by Gasteiger charge is 2.22. The van der Waals surface area contributed by atoms with E-state index in [2.05, 4.69) is 15.4 Å². The molecule has 0 aromatic carbocycles. The zero-order chi connectivity index (χ0) is 13.1. The van der Waals surface area contributed by atoms with Gasteiger partial charge in [0, 0.05) is 12.3 Å². The van der Waals surface area contributed by atoms with Crippen LogP contribution in [-0.4, -0.2) is 41.7 Å². The van der Waals surface area contributed by atoms with Crippen molar-refractivity contribution < 1.29 is 8.42 Å². The van der Waals surface area contributed by atoms with Crippen LogP contribution in [0.2, 0.25) is 0 Å². The van der Waals surface area contributed by atoms with Gasteiger partial charge in [-0.25, -0.2) is 18.1 Å². The Hall–Kier alpha value is -0.950. The van der Waals surface area contributed by atoms with Crippen molar-refractivity contribution in [3.8, 4) is 0 Å². The van der Waals surface area contributed by atoms with Crippen LogP contribution in [0, 0.1) is 0 Å². The first-order valence-electron chi connectivity index (χ1n) is 5.65. The molecule has 0 fully saturated rings. The molecule has 7 heteroatoms. The third-order valence-corrected chi connectivity index (χ3v) is 3.26. The molecule has 0 amide bonds. The van der Waals surface area contributed by atoms with Gasteiger partial charge in [-0.05, 0) is 20.4 Å². The predicted molar refractivity (Wildman–Crippen MR) is 66.5 cm³/mol. The number of nitrogens with one attached hydrogen (secondary N) is 1. The van der Waals surface area contributed by atoms with Crippen molar-refractivity contribution >= 4 is 9.84 Å². The molecule has 0 aliphatic carbocycles. The van der Waals surface area contributed by atoms with Crippen molar-refractivity contribution in [3.05, 3.63) is 12.2 Å². The summed E-state index contributed by atoms with van der Waals surface area (Å²) in [6.07, 6.45) is 2.69. The van der Waals surface area contributed by atoms with Crippen LogP contribution < -0.4 is 5.32 Å². The number of aromatic nitrogens is 3. The van der Waals surface area contributed by atoms with Gasteiger partial charge in [0.25, 0.3) is 0 Å². The van der Waals surface area contributed by atoms with E-state index in [1.54, 1.807) is 4.68 Å². The van der Waals surface area contributed by atoms with Gasteiger partial charge < -0.3 is 5.32 Å². The first-order valence-corrected chi connectivity index (χ1v) is 7.71. The molecule has 0 spiro atoms. The number of hydrogen-bond donors (Lipinski definition) is 1. The van der Waals surface area contributed by atoms with Crippen molar-refractivity contribution in [3.63, 3.8) is 0 Å². The smallest absolute Gasteiger partial charge is 0.149 e. The number of nitrogens with zero attached hydrogens (tertiary/aromatic N) is 3. The monoisotopic (exact) mass is 260 g/mol. The van der Waals surface area contributed by atoms with E-state index >= 15 is 0 Å². The van der Waals surface area contributed by atoms with Gasteiger partial charge in [0.05, 0.1) is 11.8 Å². The van der Waals surface area contributed by atoms with Gasteiger partial charge in [0.2, 0.25) is 0 Å². The molecule has 1 unspecified atom stereocenters. The summed E-state index contributed by atoms with van der Waals surface area (Å²) in [7, 11) is -3.06. The quantitative estimate of drug-likeness (QED) is 0.808. The van der Waals surface area contributed by atoms with E-state index in [4.69, 9.17) is 0 Å². The molecule has 1 aromatic heterocycles. The standard InChI is InChI=1S/C10H20N4O2S/c1-5-11-9(6-17(4,15)16)10-12-7-13-14(10)8(2)3/h7-9,11H,5-6H2,1-4H3. The number of sulfone groups is 1. The van der Waals surface area contributed by atoms with E-state index < -0.39 is 9.84 Å². The SMILES string of the molecule is CCNC(CS(C)(=O)=O)c1ncnn1C(C)C. The molecule has 1 aromatic rings. The van der Waals surface area contributed by atoms with Gasteiger partial charge in [0.15, 0.2) is 0 Å². The Morgan fingerprint density at radius 1 is 1.47 bits per heavy atom. The van der Waals surface area contributed by atoms with Crippen LogP contribution in [0.3, 0.4) is 0 Å². The van der Waals surface area contributed by atoms with Gasteiger partial charge in [-0.1, -0.05) is 6.92 Å². The maximum Gasteiger partial charge on any atom is 0.149 e. The molecule has 1 atom stereocenters. The van der Waals surface area contributed by atoms with Gasteiger partial charge in [-0.2, -0.15) is 5.10 Å². The second kappa shape index (κ2) is 5.59. The summed E-state index contributed by atoms with van der Waals surface area (Å²) in [5.74, 6) is 0.707. The Bertz CT molecular complexity index is 453. The van der Waals surface area contributed by atoms with Gasteiger partial charge >= 0.3 is 0 Å². The minimum atomic E-state index is -3.06. The lowest BCUT2D eigenvalue weighted by atomic mass is 10.3. The molecular formula is C10H20N4O2S. The molecule has 0 aliphatic heterocycles. The maximum absolute atomic E-state index is 11.4. The number of hydrogen-bond acceptors (Lipinski definition) is 5. The summed E-state index contributed by atoms with van der Waals surface area (Å²) in [6.45, 7) is 6.60. The van der Waals surface area contributed by atoms with Crippen molar-refractivity contribution in [2.75, 3.05) is 18.6 Å². The van der Waals surface area contributed by atoms with Crippen LogP contribution in [0.15, 0.2) is 6.33 Å². The van der Waals surface area contributed by atoms with Gasteiger partial charge in [0.1, 0.15) is 22.0 Å². The molecule has 1 heterocycles. The molecule has 0 aliphatic rings. The first kappa shape index (κ1) is 14.1. The fraction of sp³-hybridized carbons (Fsp3) is 0.800. The van der Waals surface area contributed by atoms with Crippen LogP contribution in [0.25, 0.3) is 0 Å². The maximum atomic E-state index is 11.4. The zero-order valence-corrected chi connectivity index (χ0v) is 11.5. The summed E-state index contributed by atoms with van der Waals surface area (Å²) in [5.41, 5.74) is 0. The van der Waals surface area contributed by atoms with E-state index in [9.17, 15) is 8.42 Å². The molecule has 98 valence electrons. The predicted octanol–water partition coefficient (Wildman–Crippen LogP) is 0.554. The van der Waals surface area contributed by atoms with Crippen LogP contribution in [-0.2, 0) is 9.84 Å². The topological polar surface area (TPSA) is 76.9 Å². The van der Waals surface area contributed by atoms with Crippen LogP contribution in [0.4, 0.5) is 0 Å². The summed E-state index contributed by atoms with van der Waals surface area (Å²) in [6, 6.07) is -0.145. The minimum absolute atomic E-state index is 0.0340. The molecule has 1 N–H and O–H groups in total. The Balaban J connectivity index is 3.01. The van der Waals surface area contributed by atoms with E-state index in [-0.39, 0.29) is 17.8 Å². The summed E-state index contributed by atoms with van der Waals surface area (Å²) >= 11 is 0. The van der Waals surface area contributed by atoms with Crippen LogP contribution in [0.1, 0.15) is 38.7 Å². The highest BCUT2D eigenvalue weighted by atomic mass is 32.2. The molecule has 0 saturated carbocycles. The van der Waals surface area contributed by atoms with Crippen LogP contribution in [0.5, 0.6) is 0 Å².